The number of hydrogen-bond acceptors (Lipinski definition) is 3. The Balaban J connectivity index is 1.90. The zero-order valence-electron chi connectivity index (χ0n) is 10.9. The summed E-state index contributed by atoms with van der Waals surface area (Å²) < 4.78 is 1.74. The number of rotatable bonds is 4. The molecule has 0 spiro atoms. The average molecular weight is 287 g/mol. The van der Waals surface area contributed by atoms with Crippen molar-refractivity contribution in [3.63, 3.8) is 0 Å². The van der Waals surface area contributed by atoms with E-state index in [1.165, 1.54) is 0 Å². The second kappa shape index (κ2) is 6.38. The van der Waals surface area contributed by atoms with Crippen LogP contribution in [0.2, 0.25) is 0 Å². The first kappa shape index (κ1) is 14.3. The minimum Gasteiger partial charge on any atom is -0.478 e. The number of aliphatic carboxylic acids is 1. The summed E-state index contributed by atoms with van der Waals surface area (Å²) in [5, 5.41) is 9.37. The molecule has 0 aliphatic rings. The molecule has 7 heteroatoms. The number of nitrogens with one attached hydrogen (secondary N) is 2. The number of hydrogen-bond donors (Lipinski definition) is 3. The van der Waals surface area contributed by atoms with Gasteiger partial charge in [-0.1, -0.05) is 18.2 Å². The molecule has 2 aromatic rings. The molecule has 0 bridgehead atoms. The molecule has 2 amide bonds. The standard InChI is InChI=1S/C14H13N3O4/c18-12(5-6-14(20)21)15-16-13(19)9-17-8-7-10-3-1-2-4-11(10)17/h1-8H,9H2,(H,15,18)(H,16,19)(H,20,21)/b6-5+. The maximum Gasteiger partial charge on any atom is 0.328 e. The molecular weight excluding hydrogens is 274 g/mol. The quantitative estimate of drug-likeness (QED) is 0.560. The maximum atomic E-state index is 11.7. The minimum atomic E-state index is -1.24. The molecule has 7 nitrogen and oxygen atoms in total. The number of fused-ring (bicyclic) bond motifs is 1. The Bertz CT molecular complexity index is 718. The van der Waals surface area contributed by atoms with Crippen molar-refractivity contribution in [2.75, 3.05) is 0 Å². The highest BCUT2D eigenvalue weighted by molar-refractivity contribution is 5.94. The zero-order valence-corrected chi connectivity index (χ0v) is 10.9. The van der Waals surface area contributed by atoms with Gasteiger partial charge in [-0.15, -0.1) is 0 Å². The van der Waals surface area contributed by atoms with E-state index >= 15 is 0 Å². The first-order valence-corrected chi connectivity index (χ1v) is 6.10. The molecule has 1 aromatic carbocycles. The molecule has 0 aliphatic carbocycles. The Hall–Kier alpha value is -3.09. The fraction of sp³-hybridized carbons (Fsp3) is 0.0714. The number of benzene rings is 1. The average Bonchev–Trinajstić information content (AvgIpc) is 2.86. The van der Waals surface area contributed by atoms with Gasteiger partial charge in [0.25, 0.3) is 11.8 Å². The lowest BCUT2D eigenvalue weighted by Crippen LogP contribution is -2.42. The smallest absolute Gasteiger partial charge is 0.328 e. The molecule has 0 unspecified atom stereocenters. The summed E-state index contributed by atoms with van der Waals surface area (Å²) in [5.74, 6) is -2.38. The molecule has 0 radical (unpaired) electrons. The Kier molecular flexibility index (Phi) is 4.35. The highest BCUT2D eigenvalue weighted by Crippen LogP contribution is 2.14. The summed E-state index contributed by atoms with van der Waals surface area (Å²) >= 11 is 0. The van der Waals surface area contributed by atoms with Gasteiger partial charge >= 0.3 is 5.97 Å². The number of carboxylic acid groups (broad SMARTS) is 1. The van der Waals surface area contributed by atoms with E-state index in [0.717, 1.165) is 17.0 Å². The monoisotopic (exact) mass is 287 g/mol. The van der Waals surface area contributed by atoms with Gasteiger partial charge in [-0.25, -0.2) is 4.79 Å². The Morgan fingerprint density at radius 2 is 1.86 bits per heavy atom. The summed E-state index contributed by atoms with van der Waals surface area (Å²) in [6, 6.07) is 9.48. The molecule has 0 aliphatic heterocycles. The number of carboxylic acids is 1. The molecule has 0 fully saturated rings. The molecule has 108 valence electrons. The number of amides is 2. The van der Waals surface area contributed by atoms with Crippen LogP contribution < -0.4 is 10.9 Å². The third-order valence-corrected chi connectivity index (χ3v) is 2.70. The van der Waals surface area contributed by atoms with Crippen LogP contribution in [0.3, 0.4) is 0 Å². The lowest BCUT2D eigenvalue weighted by molar-refractivity contribution is -0.131. The maximum absolute atomic E-state index is 11.7. The van der Waals surface area contributed by atoms with Crippen LogP contribution in [0.15, 0.2) is 48.7 Å². The van der Waals surface area contributed by atoms with Crippen LogP contribution in [0.25, 0.3) is 10.9 Å². The van der Waals surface area contributed by atoms with E-state index in [1.807, 2.05) is 30.3 Å². The van der Waals surface area contributed by atoms with Crippen molar-refractivity contribution in [3.05, 3.63) is 48.7 Å². The van der Waals surface area contributed by atoms with Crippen LogP contribution in [-0.2, 0) is 20.9 Å². The third-order valence-electron chi connectivity index (χ3n) is 2.70. The zero-order chi connectivity index (χ0) is 15.2. The van der Waals surface area contributed by atoms with E-state index in [-0.39, 0.29) is 6.54 Å². The Labute approximate surface area is 119 Å². The van der Waals surface area contributed by atoms with Gasteiger partial charge in [0.05, 0.1) is 0 Å². The Morgan fingerprint density at radius 1 is 1.10 bits per heavy atom. The van der Waals surface area contributed by atoms with Crippen molar-refractivity contribution in [1.82, 2.24) is 15.4 Å². The number of hydrazine groups is 1. The highest BCUT2D eigenvalue weighted by atomic mass is 16.4. The van der Waals surface area contributed by atoms with E-state index in [2.05, 4.69) is 10.9 Å². The lowest BCUT2D eigenvalue weighted by atomic mass is 10.2. The van der Waals surface area contributed by atoms with E-state index < -0.39 is 17.8 Å². The van der Waals surface area contributed by atoms with Crippen molar-refractivity contribution in [2.45, 2.75) is 6.54 Å². The number of carbonyl (C=O) groups excluding carboxylic acids is 2. The van der Waals surface area contributed by atoms with E-state index in [0.29, 0.717) is 6.08 Å². The summed E-state index contributed by atoms with van der Waals surface area (Å²) in [4.78, 5) is 33.1. The normalized spacial score (nSPS) is 10.7. The first-order valence-electron chi connectivity index (χ1n) is 6.10. The van der Waals surface area contributed by atoms with E-state index in [4.69, 9.17) is 5.11 Å². The molecule has 0 atom stereocenters. The number of para-hydroxylation sites is 1. The summed E-state index contributed by atoms with van der Waals surface area (Å²) in [6.07, 6.45) is 3.27. The first-order chi connectivity index (χ1) is 10.1. The highest BCUT2D eigenvalue weighted by Gasteiger charge is 2.06. The van der Waals surface area contributed by atoms with E-state index in [1.54, 1.807) is 10.8 Å². The van der Waals surface area contributed by atoms with Crippen molar-refractivity contribution < 1.29 is 19.5 Å². The number of aromatic nitrogens is 1. The fourth-order valence-corrected chi connectivity index (χ4v) is 1.79. The largest absolute Gasteiger partial charge is 0.478 e. The molecule has 21 heavy (non-hydrogen) atoms. The molecular formula is C14H13N3O4. The second-order valence-electron chi connectivity index (χ2n) is 4.21. The SMILES string of the molecule is O=C(O)/C=C/C(=O)NNC(=O)Cn1ccc2ccccc21. The van der Waals surface area contributed by atoms with Crippen molar-refractivity contribution in [3.8, 4) is 0 Å². The van der Waals surface area contributed by atoms with Gasteiger partial charge in [-0.05, 0) is 17.5 Å². The minimum absolute atomic E-state index is 0.0381. The predicted octanol–water partition coefficient (Wildman–Crippen LogP) is 0.429. The van der Waals surface area contributed by atoms with Crippen molar-refractivity contribution in [1.29, 1.82) is 0 Å². The molecule has 2 rings (SSSR count). The van der Waals surface area contributed by atoms with Crippen molar-refractivity contribution in [2.24, 2.45) is 0 Å². The van der Waals surface area contributed by atoms with Crippen LogP contribution >= 0.6 is 0 Å². The van der Waals surface area contributed by atoms with Gasteiger partial charge in [0.1, 0.15) is 6.54 Å². The van der Waals surface area contributed by atoms with Crippen molar-refractivity contribution >= 4 is 28.7 Å². The van der Waals surface area contributed by atoms with E-state index in [9.17, 15) is 14.4 Å². The Morgan fingerprint density at radius 3 is 2.62 bits per heavy atom. The topological polar surface area (TPSA) is 100 Å². The summed E-state index contributed by atoms with van der Waals surface area (Å²) in [6.45, 7) is 0.0381. The van der Waals surface area contributed by atoms with Crippen LogP contribution in [0.5, 0.6) is 0 Å². The van der Waals surface area contributed by atoms with Crippen LogP contribution in [0.4, 0.5) is 0 Å². The summed E-state index contributed by atoms with van der Waals surface area (Å²) in [5.41, 5.74) is 5.21. The van der Waals surface area contributed by atoms with Gasteiger partial charge in [0.2, 0.25) is 0 Å². The van der Waals surface area contributed by atoms with Gasteiger partial charge in [-0.3, -0.25) is 20.4 Å². The fourth-order valence-electron chi connectivity index (χ4n) is 1.79. The van der Waals surface area contributed by atoms with Crippen LogP contribution in [0, 0.1) is 0 Å². The molecule has 0 saturated heterocycles. The predicted molar refractivity (Wildman–Crippen MR) is 75.0 cm³/mol. The van der Waals surface area contributed by atoms with Gasteiger partial charge in [0.15, 0.2) is 0 Å². The molecule has 0 saturated carbocycles. The second-order valence-corrected chi connectivity index (χ2v) is 4.21. The molecule has 1 aromatic heterocycles. The number of carbonyl (C=O) groups is 3. The van der Waals surface area contributed by atoms with Gasteiger partial charge < -0.3 is 9.67 Å². The lowest BCUT2D eigenvalue weighted by Gasteiger charge is -2.07. The molecule has 3 N–H and O–H groups in total. The molecule has 1 heterocycles. The summed E-state index contributed by atoms with van der Waals surface area (Å²) in [7, 11) is 0. The third kappa shape index (κ3) is 3.93. The van der Waals surface area contributed by atoms with Gasteiger partial charge in [0, 0.05) is 23.9 Å². The van der Waals surface area contributed by atoms with Crippen LogP contribution in [-0.4, -0.2) is 27.5 Å². The van der Waals surface area contributed by atoms with Gasteiger partial charge in [-0.2, -0.15) is 0 Å². The van der Waals surface area contributed by atoms with Crippen LogP contribution in [0.1, 0.15) is 0 Å². The number of nitrogens with zero attached hydrogens (tertiary/aromatic N) is 1.